The molecule has 158 valence electrons. The highest BCUT2D eigenvalue weighted by molar-refractivity contribution is 7.90. The number of rotatable bonds is 5. The van der Waals surface area contributed by atoms with E-state index < -0.39 is 21.7 Å². The van der Waals surface area contributed by atoms with E-state index >= 15 is 0 Å². The van der Waals surface area contributed by atoms with Crippen molar-refractivity contribution in [2.75, 3.05) is 19.0 Å². The van der Waals surface area contributed by atoms with Crippen molar-refractivity contribution in [1.29, 1.82) is 0 Å². The fourth-order valence-electron chi connectivity index (χ4n) is 3.30. The molecule has 4 rings (SSSR count). The third-order valence-corrected chi connectivity index (χ3v) is 6.19. The normalized spacial score (nSPS) is 11.5. The number of anilines is 1. The number of carbonyl (C=O) groups excluding carboxylic acids is 1. The van der Waals surface area contributed by atoms with Crippen LogP contribution in [0.3, 0.4) is 0 Å². The highest BCUT2D eigenvalue weighted by Crippen LogP contribution is 2.30. The van der Waals surface area contributed by atoms with Gasteiger partial charge in [0.1, 0.15) is 0 Å². The van der Waals surface area contributed by atoms with E-state index in [1.54, 1.807) is 73.6 Å². The van der Waals surface area contributed by atoms with Crippen molar-refractivity contribution in [2.24, 2.45) is 0 Å². The number of halogens is 1. The molecule has 6 nitrogen and oxygen atoms in total. The molecule has 0 spiro atoms. The van der Waals surface area contributed by atoms with E-state index in [9.17, 15) is 17.6 Å². The minimum absolute atomic E-state index is 0.0493. The van der Waals surface area contributed by atoms with E-state index in [4.69, 9.17) is 4.42 Å². The first-order valence-corrected chi connectivity index (χ1v) is 10.9. The number of sulfonamides is 1. The number of nitrogens with zero attached hydrogens (tertiary/aromatic N) is 1. The van der Waals surface area contributed by atoms with Crippen LogP contribution in [0.5, 0.6) is 0 Å². The Hall–Kier alpha value is -3.65. The number of nitrogens with one attached hydrogen (secondary N) is 1. The van der Waals surface area contributed by atoms with Gasteiger partial charge < -0.3 is 9.32 Å². The summed E-state index contributed by atoms with van der Waals surface area (Å²) < 4.78 is 48.0. The van der Waals surface area contributed by atoms with Crippen molar-refractivity contribution in [1.82, 2.24) is 4.72 Å². The van der Waals surface area contributed by atoms with Gasteiger partial charge in [0.15, 0.2) is 17.2 Å². The van der Waals surface area contributed by atoms with Crippen molar-refractivity contribution >= 4 is 32.6 Å². The van der Waals surface area contributed by atoms with Gasteiger partial charge in [-0.3, -0.25) is 4.79 Å². The smallest absolute Gasteiger partial charge is 0.300 e. The van der Waals surface area contributed by atoms with Crippen molar-refractivity contribution in [3.05, 3.63) is 84.4 Å². The number of furan rings is 1. The van der Waals surface area contributed by atoms with E-state index in [0.717, 1.165) is 0 Å². The summed E-state index contributed by atoms with van der Waals surface area (Å²) in [5, 5.41) is 0.357. The molecule has 0 unspecified atom stereocenters. The van der Waals surface area contributed by atoms with E-state index in [0.29, 0.717) is 22.2 Å². The van der Waals surface area contributed by atoms with Crippen LogP contribution in [0.25, 0.3) is 22.1 Å². The molecule has 0 aliphatic heterocycles. The molecule has 4 aromatic rings. The molecule has 1 N–H and O–H groups in total. The lowest BCUT2D eigenvalue weighted by Crippen LogP contribution is -2.30. The summed E-state index contributed by atoms with van der Waals surface area (Å²) in [4.78, 5) is 14.2. The summed E-state index contributed by atoms with van der Waals surface area (Å²) in [6.07, 6.45) is 0. The summed E-state index contributed by atoms with van der Waals surface area (Å²) in [6, 6.07) is 19.8. The van der Waals surface area contributed by atoms with Crippen molar-refractivity contribution in [3.8, 4) is 11.1 Å². The lowest BCUT2D eigenvalue weighted by Gasteiger charge is -2.12. The Labute approximate surface area is 179 Å². The molecule has 0 aliphatic rings. The molecular formula is C23H19FN2O4S. The highest BCUT2D eigenvalue weighted by atomic mass is 32.2. The molecule has 1 aromatic heterocycles. The fourth-order valence-corrected chi connectivity index (χ4v) is 4.49. The van der Waals surface area contributed by atoms with Gasteiger partial charge in [-0.1, -0.05) is 48.5 Å². The zero-order valence-electron chi connectivity index (χ0n) is 16.8. The molecular weight excluding hydrogens is 419 g/mol. The van der Waals surface area contributed by atoms with E-state index in [1.807, 2.05) is 10.8 Å². The Balaban J connectivity index is 1.69. The quantitative estimate of drug-likeness (QED) is 0.499. The van der Waals surface area contributed by atoms with Crippen molar-refractivity contribution in [3.63, 3.8) is 0 Å². The number of benzene rings is 3. The molecule has 0 bridgehead atoms. The number of carbonyl (C=O) groups is 1. The number of amides is 1. The Morgan fingerprint density at radius 3 is 2.35 bits per heavy atom. The molecule has 0 saturated heterocycles. The van der Waals surface area contributed by atoms with Crippen LogP contribution in [0, 0.1) is 5.82 Å². The van der Waals surface area contributed by atoms with Crippen LogP contribution in [0.4, 0.5) is 10.1 Å². The minimum atomic E-state index is -4.22. The molecule has 0 fully saturated rings. The predicted octanol–water partition coefficient (Wildman–Crippen LogP) is 4.42. The molecule has 0 saturated carbocycles. The molecule has 0 radical (unpaired) electrons. The number of hydrogen-bond acceptors (Lipinski definition) is 5. The molecule has 1 amide bonds. The van der Waals surface area contributed by atoms with Crippen LogP contribution in [-0.4, -0.2) is 28.4 Å². The Kier molecular flexibility index (Phi) is 5.24. The molecule has 0 atom stereocenters. The topological polar surface area (TPSA) is 79.6 Å². The standard InChI is InChI=1S/C23H19FN2O4S/c1-26(2)18-13-12-16-14-19(30-22(16)21(18)24)23(27)25-31(28,29)20-11-7-6-10-17(20)15-8-4-3-5-9-15/h3-14H,1-2H3,(H,25,27). The highest BCUT2D eigenvalue weighted by Gasteiger charge is 2.25. The largest absolute Gasteiger partial charge is 0.448 e. The maximum Gasteiger partial charge on any atom is 0.300 e. The molecule has 0 aliphatic carbocycles. The monoisotopic (exact) mass is 438 g/mol. The first-order valence-electron chi connectivity index (χ1n) is 9.39. The van der Waals surface area contributed by atoms with Crippen LogP contribution in [-0.2, 0) is 10.0 Å². The van der Waals surface area contributed by atoms with Crippen LogP contribution in [0.1, 0.15) is 10.6 Å². The first-order chi connectivity index (χ1) is 14.8. The fraction of sp³-hybridized carbons (Fsp3) is 0.0870. The Morgan fingerprint density at radius 1 is 0.968 bits per heavy atom. The zero-order valence-corrected chi connectivity index (χ0v) is 17.6. The summed E-state index contributed by atoms with van der Waals surface area (Å²) in [5.74, 6) is -1.91. The number of fused-ring (bicyclic) bond motifs is 1. The van der Waals surface area contributed by atoms with E-state index in [2.05, 4.69) is 0 Å². The zero-order chi connectivity index (χ0) is 22.2. The van der Waals surface area contributed by atoms with Gasteiger partial charge in [0.05, 0.1) is 10.6 Å². The number of hydrogen-bond donors (Lipinski definition) is 1. The minimum Gasteiger partial charge on any atom is -0.448 e. The van der Waals surface area contributed by atoms with Gasteiger partial charge in [0, 0.05) is 25.0 Å². The molecule has 1 heterocycles. The van der Waals surface area contributed by atoms with Crippen LogP contribution >= 0.6 is 0 Å². The Morgan fingerprint density at radius 2 is 1.65 bits per heavy atom. The third-order valence-electron chi connectivity index (χ3n) is 4.80. The molecule has 8 heteroatoms. The average Bonchev–Trinajstić information content (AvgIpc) is 3.20. The maximum atomic E-state index is 14.7. The van der Waals surface area contributed by atoms with E-state index in [1.165, 1.54) is 12.1 Å². The van der Waals surface area contributed by atoms with Gasteiger partial charge in [0.2, 0.25) is 0 Å². The SMILES string of the molecule is CN(C)c1ccc2cc(C(=O)NS(=O)(=O)c3ccccc3-c3ccccc3)oc2c1F. The predicted molar refractivity (Wildman–Crippen MR) is 117 cm³/mol. The molecule has 31 heavy (non-hydrogen) atoms. The Bertz CT molecular complexity index is 1380. The molecule has 3 aromatic carbocycles. The van der Waals surface area contributed by atoms with E-state index in [-0.39, 0.29) is 16.2 Å². The van der Waals surface area contributed by atoms with Gasteiger partial charge >= 0.3 is 5.91 Å². The lowest BCUT2D eigenvalue weighted by molar-refractivity contribution is 0.0956. The van der Waals surface area contributed by atoms with Crippen LogP contribution < -0.4 is 9.62 Å². The second-order valence-corrected chi connectivity index (χ2v) is 8.77. The second-order valence-electron chi connectivity index (χ2n) is 7.12. The van der Waals surface area contributed by atoms with Crippen molar-refractivity contribution in [2.45, 2.75) is 4.90 Å². The summed E-state index contributed by atoms with van der Waals surface area (Å²) in [6.45, 7) is 0. The maximum absolute atomic E-state index is 14.7. The van der Waals surface area contributed by atoms with Crippen molar-refractivity contribution < 1.29 is 22.0 Å². The summed E-state index contributed by atoms with van der Waals surface area (Å²) >= 11 is 0. The van der Waals surface area contributed by atoms with Gasteiger partial charge in [-0.15, -0.1) is 0 Å². The summed E-state index contributed by atoms with van der Waals surface area (Å²) in [5.41, 5.74) is 1.32. The van der Waals surface area contributed by atoms with Gasteiger partial charge in [-0.25, -0.2) is 17.5 Å². The second kappa shape index (κ2) is 7.88. The summed E-state index contributed by atoms with van der Waals surface area (Å²) in [7, 11) is -0.861. The average molecular weight is 438 g/mol. The van der Waals surface area contributed by atoms with Gasteiger partial charge in [-0.2, -0.15) is 0 Å². The van der Waals surface area contributed by atoms with Crippen LogP contribution in [0.15, 0.2) is 82.1 Å². The van der Waals surface area contributed by atoms with Crippen LogP contribution in [0.2, 0.25) is 0 Å². The lowest BCUT2D eigenvalue weighted by atomic mass is 10.1. The first kappa shape index (κ1) is 20.6. The van der Waals surface area contributed by atoms with Gasteiger partial charge in [0.25, 0.3) is 10.0 Å². The third kappa shape index (κ3) is 3.89. The van der Waals surface area contributed by atoms with Gasteiger partial charge in [-0.05, 0) is 29.8 Å².